The molecule has 7 heteroatoms. The smallest absolute Gasteiger partial charge is 0.273 e. The second-order valence-electron chi connectivity index (χ2n) is 7.82. The number of amides is 1. The summed E-state index contributed by atoms with van der Waals surface area (Å²) in [6.07, 6.45) is 2.05. The van der Waals surface area contributed by atoms with Gasteiger partial charge in [-0.05, 0) is 65.9 Å². The van der Waals surface area contributed by atoms with Crippen LogP contribution in [0.25, 0.3) is 11.3 Å². The molecule has 5 rings (SSSR count). The molecule has 0 radical (unpaired) electrons. The van der Waals surface area contributed by atoms with Gasteiger partial charge in [0.2, 0.25) is 0 Å². The predicted molar refractivity (Wildman–Crippen MR) is 132 cm³/mol. The van der Waals surface area contributed by atoms with E-state index >= 15 is 0 Å². The molecule has 0 saturated heterocycles. The minimum Gasteiger partial charge on any atom is -0.497 e. The minimum absolute atomic E-state index is 0.0637. The highest BCUT2D eigenvalue weighted by molar-refractivity contribution is 7.98. The topological polar surface area (TPSA) is 58.2 Å². The van der Waals surface area contributed by atoms with Crippen LogP contribution >= 0.6 is 23.4 Å². The number of hydrogen-bond donors (Lipinski definition) is 1. The molecule has 1 unspecified atom stereocenters. The van der Waals surface area contributed by atoms with Gasteiger partial charge in [0.15, 0.2) is 0 Å². The largest absolute Gasteiger partial charge is 0.497 e. The molecule has 4 aromatic rings. The molecule has 2 heterocycles. The molecule has 0 fully saturated rings. The van der Waals surface area contributed by atoms with E-state index in [-0.39, 0.29) is 11.9 Å². The van der Waals surface area contributed by atoms with Crippen molar-refractivity contribution >= 4 is 29.3 Å². The van der Waals surface area contributed by atoms with Crippen LogP contribution in [0.2, 0.25) is 5.02 Å². The molecule has 0 aliphatic carbocycles. The lowest BCUT2D eigenvalue weighted by molar-refractivity contribution is 0.0730. The number of H-pyrrole nitrogens is 1. The molecule has 1 N–H and O–H groups in total. The number of benzene rings is 3. The lowest BCUT2D eigenvalue weighted by Gasteiger charge is -2.26. The molecule has 1 aromatic heterocycles. The van der Waals surface area contributed by atoms with E-state index in [1.165, 1.54) is 4.90 Å². The van der Waals surface area contributed by atoms with E-state index in [1.807, 2.05) is 53.4 Å². The number of halogens is 1. The number of methoxy groups -OCH3 is 1. The van der Waals surface area contributed by atoms with Gasteiger partial charge in [-0.3, -0.25) is 9.89 Å². The first-order chi connectivity index (χ1) is 16.1. The van der Waals surface area contributed by atoms with Gasteiger partial charge in [0.05, 0.1) is 18.8 Å². The number of carbonyl (C=O) groups excluding carboxylic acids is 1. The molecule has 3 aromatic carbocycles. The Morgan fingerprint density at radius 1 is 1.03 bits per heavy atom. The normalized spacial score (nSPS) is 15.1. The van der Waals surface area contributed by atoms with Crippen molar-refractivity contribution in [1.29, 1.82) is 0 Å². The second-order valence-corrected chi connectivity index (χ2v) is 9.14. The van der Waals surface area contributed by atoms with E-state index in [1.54, 1.807) is 18.9 Å². The monoisotopic (exact) mass is 475 g/mol. The number of aromatic amines is 1. The number of nitrogens with one attached hydrogen (secondary N) is 1. The van der Waals surface area contributed by atoms with Crippen LogP contribution in [0.5, 0.6) is 5.75 Å². The van der Waals surface area contributed by atoms with Crippen molar-refractivity contribution in [2.75, 3.05) is 13.4 Å². The van der Waals surface area contributed by atoms with Crippen molar-refractivity contribution in [2.24, 2.45) is 0 Å². The van der Waals surface area contributed by atoms with Crippen molar-refractivity contribution in [3.05, 3.63) is 100 Å². The molecule has 0 saturated carbocycles. The van der Waals surface area contributed by atoms with E-state index in [2.05, 4.69) is 40.7 Å². The Morgan fingerprint density at radius 3 is 2.36 bits per heavy atom. The standard InChI is InChI=1S/C26H22ClN3O2S/c1-32-20-11-5-17(6-12-20)23-22-24(29-28-23)26(31)30(15-16-3-9-19(27)10-4-16)25(22)18-7-13-21(33-2)14-8-18/h3-14,25H,15H2,1-2H3,(H,28,29). The number of aromatic nitrogens is 2. The van der Waals surface area contributed by atoms with Gasteiger partial charge in [-0.15, -0.1) is 11.8 Å². The lowest BCUT2D eigenvalue weighted by Crippen LogP contribution is -2.29. The maximum absolute atomic E-state index is 13.5. The highest BCUT2D eigenvalue weighted by atomic mass is 35.5. The van der Waals surface area contributed by atoms with E-state index in [4.69, 9.17) is 16.3 Å². The predicted octanol–water partition coefficient (Wildman–Crippen LogP) is 6.21. The van der Waals surface area contributed by atoms with Gasteiger partial charge < -0.3 is 9.64 Å². The average Bonchev–Trinajstić information content (AvgIpc) is 3.40. The van der Waals surface area contributed by atoms with Crippen LogP contribution in [0.3, 0.4) is 0 Å². The number of hydrogen-bond acceptors (Lipinski definition) is 4. The summed E-state index contributed by atoms with van der Waals surface area (Å²) in [5, 5.41) is 8.23. The fraction of sp³-hybridized carbons (Fsp3) is 0.154. The zero-order valence-electron chi connectivity index (χ0n) is 18.2. The molecule has 1 atom stereocenters. The lowest BCUT2D eigenvalue weighted by atomic mass is 9.96. The zero-order chi connectivity index (χ0) is 22.9. The van der Waals surface area contributed by atoms with Crippen LogP contribution in [0.1, 0.15) is 33.2 Å². The summed E-state index contributed by atoms with van der Waals surface area (Å²) in [6, 6.07) is 23.5. The average molecular weight is 476 g/mol. The van der Waals surface area contributed by atoms with E-state index in [9.17, 15) is 4.79 Å². The Labute approximate surface area is 201 Å². The number of thioether (sulfide) groups is 1. The fourth-order valence-electron chi connectivity index (χ4n) is 4.25. The Balaban J connectivity index is 1.61. The van der Waals surface area contributed by atoms with Gasteiger partial charge in [0.1, 0.15) is 11.4 Å². The van der Waals surface area contributed by atoms with Gasteiger partial charge in [0, 0.05) is 27.6 Å². The minimum atomic E-state index is -0.255. The number of carbonyl (C=O) groups is 1. The van der Waals surface area contributed by atoms with Gasteiger partial charge in [-0.25, -0.2) is 0 Å². The molecule has 1 aliphatic rings. The van der Waals surface area contributed by atoms with Gasteiger partial charge in [0.25, 0.3) is 5.91 Å². The second kappa shape index (κ2) is 8.96. The number of rotatable bonds is 6. The third-order valence-electron chi connectivity index (χ3n) is 5.92. The maximum atomic E-state index is 13.5. The molecular weight excluding hydrogens is 454 g/mol. The van der Waals surface area contributed by atoms with Crippen LogP contribution in [-0.2, 0) is 6.54 Å². The summed E-state index contributed by atoms with van der Waals surface area (Å²) in [6.45, 7) is 0.468. The fourth-order valence-corrected chi connectivity index (χ4v) is 4.78. The first-order valence-electron chi connectivity index (χ1n) is 10.5. The van der Waals surface area contributed by atoms with E-state index in [0.29, 0.717) is 17.3 Å². The Kier molecular flexibility index (Phi) is 5.87. The summed E-state index contributed by atoms with van der Waals surface area (Å²) in [7, 11) is 1.64. The summed E-state index contributed by atoms with van der Waals surface area (Å²) >= 11 is 7.76. The van der Waals surface area contributed by atoms with Gasteiger partial charge >= 0.3 is 0 Å². The highest BCUT2D eigenvalue weighted by Gasteiger charge is 2.42. The number of fused-ring (bicyclic) bond motifs is 1. The molecule has 166 valence electrons. The van der Waals surface area contributed by atoms with Crippen molar-refractivity contribution in [1.82, 2.24) is 15.1 Å². The van der Waals surface area contributed by atoms with Crippen LogP contribution < -0.4 is 4.74 Å². The first-order valence-corrected chi connectivity index (χ1v) is 12.1. The SMILES string of the molecule is COc1ccc(-c2n[nH]c3c2C(c2ccc(SC)cc2)N(Cc2ccc(Cl)cc2)C3=O)cc1. The number of nitrogens with zero attached hydrogens (tertiary/aromatic N) is 2. The third-order valence-corrected chi connectivity index (χ3v) is 6.92. The molecule has 33 heavy (non-hydrogen) atoms. The van der Waals surface area contributed by atoms with Crippen molar-refractivity contribution in [3.63, 3.8) is 0 Å². The highest BCUT2D eigenvalue weighted by Crippen LogP contribution is 2.44. The first kappa shape index (κ1) is 21.6. The third kappa shape index (κ3) is 4.01. The Bertz CT molecular complexity index is 1280. The Morgan fingerprint density at radius 2 is 1.73 bits per heavy atom. The van der Waals surface area contributed by atoms with Crippen LogP contribution in [0.4, 0.5) is 0 Å². The number of ether oxygens (including phenoxy) is 1. The zero-order valence-corrected chi connectivity index (χ0v) is 19.8. The summed E-state index contributed by atoms with van der Waals surface area (Å²) in [5.74, 6) is 0.710. The van der Waals surface area contributed by atoms with Crippen molar-refractivity contribution in [3.8, 4) is 17.0 Å². The van der Waals surface area contributed by atoms with Gasteiger partial charge in [-0.1, -0.05) is 35.9 Å². The van der Waals surface area contributed by atoms with Gasteiger partial charge in [-0.2, -0.15) is 5.10 Å². The Hall–Kier alpha value is -3.22. The van der Waals surface area contributed by atoms with Crippen molar-refractivity contribution < 1.29 is 9.53 Å². The molecule has 1 aliphatic heterocycles. The summed E-state index contributed by atoms with van der Waals surface area (Å²) in [5.41, 5.74) is 5.20. The van der Waals surface area contributed by atoms with Crippen LogP contribution in [-0.4, -0.2) is 34.4 Å². The molecule has 5 nitrogen and oxygen atoms in total. The van der Waals surface area contributed by atoms with Crippen LogP contribution in [0, 0.1) is 0 Å². The molecule has 0 spiro atoms. The van der Waals surface area contributed by atoms with Crippen molar-refractivity contribution in [2.45, 2.75) is 17.5 Å². The quantitative estimate of drug-likeness (QED) is 0.337. The molecule has 1 amide bonds. The molecular formula is C26H22ClN3O2S. The van der Waals surface area contributed by atoms with E-state index < -0.39 is 0 Å². The molecule has 0 bridgehead atoms. The van der Waals surface area contributed by atoms with Crippen LogP contribution in [0.15, 0.2) is 77.7 Å². The summed E-state index contributed by atoms with van der Waals surface area (Å²) in [4.78, 5) is 16.6. The van der Waals surface area contributed by atoms with E-state index in [0.717, 1.165) is 33.7 Å². The summed E-state index contributed by atoms with van der Waals surface area (Å²) < 4.78 is 5.30. The maximum Gasteiger partial charge on any atom is 0.273 e.